The van der Waals surface area contributed by atoms with E-state index in [9.17, 15) is 9.50 Å². The minimum atomic E-state index is -1.02. The van der Waals surface area contributed by atoms with Crippen LogP contribution in [-0.2, 0) is 5.60 Å². The van der Waals surface area contributed by atoms with Gasteiger partial charge in [0.2, 0.25) is 0 Å². The highest BCUT2D eigenvalue weighted by Crippen LogP contribution is 2.35. The number of benzene rings is 1. The number of hydrogen-bond donors (Lipinski definition) is 1. The average Bonchev–Trinajstić information content (AvgIpc) is 2.59. The van der Waals surface area contributed by atoms with Crippen LogP contribution < -0.4 is 0 Å². The van der Waals surface area contributed by atoms with E-state index < -0.39 is 5.60 Å². The largest absolute Gasteiger partial charge is 0.385 e. The van der Waals surface area contributed by atoms with Crippen LogP contribution in [-0.4, -0.2) is 54.2 Å². The van der Waals surface area contributed by atoms with Crippen molar-refractivity contribution in [3.05, 3.63) is 35.6 Å². The van der Waals surface area contributed by atoms with Crippen LogP contribution in [0.5, 0.6) is 0 Å². The van der Waals surface area contributed by atoms with E-state index in [2.05, 4.69) is 30.6 Å². The van der Waals surface area contributed by atoms with Gasteiger partial charge in [-0.15, -0.1) is 0 Å². The molecule has 3 nitrogen and oxygen atoms in total. The van der Waals surface area contributed by atoms with Gasteiger partial charge in [0.05, 0.1) is 5.60 Å². The number of aliphatic hydroxyl groups is 1. The lowest BCUT2D eigenvalue weighted by molar-refractivity contribution is -0.0373. The predicted molar refractivity (Wildman–Crippen MR) is 105 cm³/mol. The summed E-state index contributed by atoms with van der Waals surface area (Å²) >= 11 is 0. The molecule has 0 unspecified atom stereocenters. The molecule has 2 heterocycles. The average molecular weight is 363 g/mol. The summed E-state index contributed by atoms with van der Waals surface area (Å²) in [5.74, 6) is 0.579. The van der Waals surface area contributed by atoms with E-state index in [-0.39, 0.29) is 11.2 Å². The van der Waals surface area contributed by atoms with Crippen molar-refractivity contribution >= 4 is 0 Å². The third kappa shape index (κ3) is 4.85. The molecule has 2 aliphatic heterocycles. The third-order valence-electron chi connectivity index (χ3n) is 6.24. The molecule has 0 radical (unpaired) electrons. The van der Waals surface area contributed by atoms with E-state index in [1.54, 1.807) is 12.1 Å². The van der Waals surface area contributed by atoms with Crippen molar-refractivity contribution in [3.63, 3.8) is 0 Å². The topological polar surface area (TPSA) is 26.7 Å². The Morgan fingerprint density at radius 2 is 1.58 bits per heavy atom. The van der Waals surface area contributed by atoms with Crippen LogP contribution in [0.15, 0.2) is 24.3 Å². The zero-order chi connectivity index (χ0) is 18.8. The van der Waals surface area contributed by atoms with Gasteiger partial charge in [0.1, 0.15) is 5.82 Å². The zero-order valence-corrected chi connectivity index (χ0v) is 16.7. The van der Waals surface area contributed by atoms with Gasteiger partial charge < -0.3 is 14.9 Å². The second-order valence-corrected chi connectivity index (χ2v) is 9.41. The van der Waals surface area contributed by atoms with E-state index in [1.807, 2.05) is 6.07 Å². The van der Waals surface area contributed by atoms with E-state index in [0.29, 0.717) is 18.4 Å². The van der Waals surface area contributed by atoms with Gasteiger partial charge in [0.25, 0.3) is 0 Å². The molecular formula is C22H35FN2O. The van der Waals surface area contributed by atoms with Crippen molar-refractivity contribution in [2.24, 2.45) is 11.3 Å². The summed E-state index contributed by atoms with van der Waals surface area (Å²) in [5.41, 5.74) is -0.329. The third-order valence-corrected chi connectivity index (χ3v) is 6.24. The minimum Gasteiger partial charge on any atom is -0.385 e. The summed E-state index contributed by atoms with van der Waals surface area (Å²) in [6.45, 7) is 13.3. The van der Waals surface area contributed by atoms with E-state index in [0.717, 1.165) is 32.1 Å². The van der Waals surface area contributed by atoms with Gasteiger partial charge in [-0.1, -0.05) is 39.0 Å². The lowest BCUT2D eigenvalue weighted by atomic mass is 9.83. The Kier molecular flexibility index (Phi) is 6.05. The Bertz CT molecular complexity index is 588. The number of piperidine rings is 2. The van der Waals surface area contributed by atoms with Crippen LogP contribution in [0, 0.1) is 17.2 Å². The SMILES string of the molecule is CC1CCN(CC(C)(C)CN2CCC(O)(c3ccccc3F)CC2)CC1. The van der Waals surface area contributed by atoms with Crippen LogP contribution in [0.1, 0.15) is 52.0 Å². The Balaban J connectivity index is 1.52. The minimum absolute atomic E-state index is 0.230. The van der Waals surface area contributed by atoms with Crippen LogP contribution >= 0.6 is 0 Å². The second-order valence-electron chi connectivity index (χ2n) is 9.41. The molecule has 0 saturated carbocycles. The van der Waals surface area contributed by atoms with Crippen LogP contribution in [0.3, 0.4) is 0 Å². The van der Waals surface area contributed by atoms with E-state index in [1.165, 1.54) is 32.0 Å². The molecule has 1 aromatic rings. The Hall–Kier alpha value is -0.970. The summed E-state index contributed by atoms with van der Waals surface area (Å²) in [4.78, 5) is 5.06. The van der Waals surface area contributed by atoms with Crippen molar-refractivity contribution in [3.8, 4) is 0 Å². The maximum atomic E-state index is 14.1. The number of rotatable bonds is 5. The van der Waals surface area contributed by atoms with Gasteiger partial charge in [0, 0.05) is 31.7 Å². The molecule has 3 rings (SSSR count). The van der Waals surface area contributed by atoms with Crippen LogP contribution in [0.25, 0.3) is 0 Å². The molecule has 0 amide bonds. The maximum absolute atomic E-state index is 14.1. The molecular weight excluding hydrogens is 327 g/mol. The fourth-order valence-corrected chi connectivity index (χ4v) is 4.67. The summed E-state index contributed by atoms with van der Waals surface area (Å²) in [6, 6.07) is 6.67. The van der Waals surface area contributed by atoms with Gasteiger partial charge in [-0.2, -0.15) is 0 Å². The van der Waals surface area contributed by atoms with E-state index >= 15 is 0 Å². The smallest absolute Gasteiger partial charge is 0.129 e. The standard InChI is InChI=1S/C22H35FN2O/c1-18-8-12-24(13-9-18)16-21(2,3)17-25-14-10-22(26,11-15-25)19-6-4-5-7-20(19)23/h4-7,18,26H,8-17H2,1-3H3. The number of nitrogens with zero attached hydrogens (tertiary/aromatic N) is 2. The monoisotopic (exact) mass is 362 g/mol. The van der Waals surface area contributed by atoms with Crippen molar-refractivity contribution in [2.75, 3.05) is 39.3 Å². The van der Waals surface area contributed by atoms with E-state index in [4.69, 9.17) is 0 Å². The van der Waals surface area contributed by atoms with Crippen LogP contribution in [0.2, 0.25) is 0 Å². The highest BCUT2D eigenvalue weighted by Gasteiger charge is 2.37. The Morgan fingerprint density at radius 1 is 1.04 bits per heavy atom. The molecule has 4 heteroatoms. The fraction of sp³-hybridized carbons (Fsp3) is 0.727. The highest BCUT2D eigenvalue weighted by molar-refractivity contribution is 5.25. The molecule has 146 valence electrons. The molecule has 2 saturated heterocycles. The van der Waals surface area contributed by atoms with Crippen molar-refractivity contribution in [1.82, 2.24) is 9.80 Å². The molecule has 0 bridgehead atoms. The number of likely N-dealkylation sites (tertiary alicyclic amines) is 2. The van der Waals surface area contributed by atoms with Crippen molar-refractivity contribution < 1.29 is 9.50 Å². The molecule has 0 atom stereocenters. The molecule has 0 spiro atoms. The Morgan fingerprint density at radius 3 is 2.15 bits per heavy atom. The zero-order valence-electron chi connectivity index (χ0n) is 16.7. The van der Waals surface area contributed by atoms with Crippen molar-refractivity contribution in [1.29, 1.82) is 0 Å². The summed E-state index contributed by atoms with van der Waals surface area (Å²) < 4.78 is 14.1. The Labute approximate surface area is 158 Å². The lowest BCUT2D eigenvalue weighted by Gasteiger charge is -2.43. The molecule has 0 aromatic heterocycles. The summed E-state index contributed by atoms with van der Waals surface area (Å²) in [6.07, 6.45) is 3.83. The molecule has 1 aromatic carbocycles. The first-order valence-corrected chi connectivity index (χ1v) is 10.2. The van der Waals surface area contributed by atoms with Crippen molar-refractivity contribution in [2.45, 2.75) is 52.1 Å². The molecule has 2 fully saturated rings. The molecule has 1 N–H and O–H groups in total. The quantitative estimate of drug-likeness (QED) is 0.861. The normalized spacial score (nSPS) is 23.3. The van der Waals surface area contributed by atoms with Gasteiger partial charge in [-0.05, 0) is 56.2 Å². The van der Waals surface area contributed by atoms with Gasteiger partial charge in [-0.3, -0.25) is 0 Å². The number of hydrogen-bond acceptors (Lipinski definition) is 3. The molecule has 0 aliphatic carbocycles. The first-order chi connectivity index (χ1) is 12.3. The predicted octanol–water partition coefficient (Wildman–Crippen LogP) is 3.87. The highest BCUT2D eigenvalue weighted by atomic mass is 19.1. The molecule has 26 heavy (non-hydrogen) atoms. The first kappa shape index (κ1) is 19.8. The fourth-order valence-electron chi connectivity index (χ4n) is 4.67. The van der Waals surface area contributed by atoms with Gasteiger partial charge in [-0.25, -0.2) is 4.39 Å². The summed E-state index contributed by atoms with van der Waals surface area (Å²) in [7, 11) is 0. The summed E-state index contributed by atoms with van der Waals surface area (Å²) in [5, 5.41) is 11.0. The molecule has 2 aliphatic rings. The van der Waals surface area contributed by atoms with Gasteiger partial charge >= 0.3 is 0 Å². The number of halogens is 1. The maximum Gasteiger partial charge on any atom is 0.129 e. The first-order valence-electron chi connectivity index (χ1n) is 10.2. The van der Waals surface area contributed by atoms with Gasteiger partial charge in [0.15, 0.2) is 0 Å². The van der Waals surface area contributed by atoms with Crippen LogP contribution in [0.4, 0.5) is 4.39 Å². The lowest BCUT2D eigenvalue weighted by Crippen LogP contribution is -2.49. The second kappa shape index (κ2) is 7.95.